The van der Waals surface area contributed by atoms with Crippen molar-refractivity contribution in [1.82, 2.24) is 10.6 Å². The molecule has 3 atom stereocenters. The molecule has 0 saturated carbocycles. The summed E-state index contributed by atoms with van der Waals surface area (Å²) in [5.74, 6) is -3.76. The van der Waals surface area contributed by atoms with Gasteiger partial charge in [0.05, 0.1) is 24.3 Å². The summed E-state index contributed by atoms with van der Waals surface area (Å²) in [5, 5.41) is 22.4. The van der Waals surface area contributed by atoms with Gasteiger partial charge in [-0.3, -0.25) is 9.79 Å². The van der Waals surface area contributed by atoms with Crippen molar-refractivity contribution >= 4 is 23.8 Å². The predicted molar refractivity (Wildman–Crippen MR) is 110 cm³/mol. The third-order valence-corrected chi connectivity index (χ3v) is 4.40. The van der Waals surface area contributed by atoms with Crippen LogP contribution in [0.1, 0.15) is 47.0 Å². The molecule has 0 aromatic carbocycles. The molecule has 1 aliphatic carbocycles. The highest BCUT2D eigenvalue weighted by Crippen LogP contribution is 2.24. The minimum Gasteiger partial charge on any atom is -0.478 e. The minimum absolute atomic E-state index is 0.0204. The first-order valence-electron chi connectivity index (χ1n) is 9.99. The van der Waals surface area contributed by atoms with Crippen LogP contribution in [0.5, 0.6) is 0 Å². The number of carbonyl (C=O) groups is 3. The molecule has 1 rings (SSSR count). The number of nitrogens with two attached hydrogens (primary N) is 1. The van der Waals surface area contributed by atoms with Gasteiger partial charge in [-0.25, -0.2) is 9.59 Å². The van der Waals surface area contributed by atoms with E-state index in [2.05, 4.69) is 15.6 Å². The maximum Gasteiger partial charge on any atom is 0.490 e. The van der Waals surface area contributed by atoms with Crippen molar-refractivity contribution in [2.45, 2.75) is 77.4 Å². The Labute approximate surface area is 184 Å². The van der Waals surface area contributed by atoms with Crippen LogP contribution in [0, 0.1) is 0 Å². The average molecular weight is 468 g/mol. The van der Waals surface area contributed by atoms with Gasteiger partial charge in [0.15, 0.2) is 5.96 Å². The molecule has 1 amide bonds. The van der Waals surface area contributed by atoms with E-state index >= 15 is 0 Å². The van der Waals surface area contributed by atoms with Crippen molar-refractivity contribution in [3.8, 4) is 0 Å². The Morgan fingerprint density at radius 2 is 1.75 bits per heavy atom. The molecule has 0 heterocycles. The lowest BCUT2D eigenvalue weighted by molar-refractivity contribution is -0.192. The van der Waals surface area contributed by atoms with Crippen molar-refractivity contribution in [1.29, 1.82) is 0 Å². The lowest BCUT2D eigenvalue weighted by Crippen LogP contribution is -2.60. The molecular formula is C19H31F3N4O6. The molecule has 0 fully saturated rings. The number of hydrogen-bond acceptors (Lipinski definition) is 5. The van der Waals surface area contributed by atoms with Gasteiger partial charge in [-0.15, -0.1) is 0 Å². The van der Waals surface area contributed by atoms with E-state index in [4.69, 9.17) is 20.4 Å². The smallest absolute Gasteiger partial charge is 0.478 e. The van der Waals surface area contributed by atoms with Gasteiger partial charge >= 0.3 is 18.1 Å². The lowest BCUT2D eigenvalue weighted by atomic mass is 9.87. The topological polar surface area (TPSA) is 163 Å². The molecule has 0 bridgehead atoms. The maximum atomic E-state index is 11.7. The first-order valence-corrected chi connectivity index (χ1v) is 9.99. The van der Waals surface area contributed by atoms with Gasteiger partial charge in [0.1, 0.15) is 0 Å². The monoisotopic (exact) mass is 468 g/mol. The fraction of sp³-hybridized carbons (Fsp3) is 0.684. The summed E-state index contributed by atoms with van der Waals surface area (Å²) < 4.78 is 37.8. The number of carboxylic acid groups (broad SMARTS) is 2. The standard InChI is InChI=1S/C17H30N4O4.C2HF3O2/c1-5-12(6-2)25-14-9-11(16(23)24)8-13(15(14)20-10(4)22)21-17(18)19-7-3;3-2(4,5)1(6)7/h9,12-15H,5-8H2,1-4H3,(H,20,22)(H,23,24)(H3,18,19,21);(H,6,7)/t13-,14+,15+;/m0./s1. The third kappa shape index (κ3) is 10.5. The molecule has 0 saturated heterocycles. The summed E-state index contributed by atoms with van der Waals surface area (Å²) in [6, 6.07) is -0.860. The number of aliphatic carboxylic acids is 2. The second-order valence-corrected chi connectivity index (χ2v) is 6.88. The van der Waals surface area contributed by atoms with Gasteiger partial charge in [-0.2, -0.15) is 13.2 Å². The zero-order valence-electron chi connectivity index (χ0n) is 18.4. The third-order valence-electron chi connectivity index (χ3n) is 4.40. The summed E-state index contributed by atoms with van der Waals surface area (Å²) in [5.41, 5.74) is 6.08. The van der Waals surface area contributed by atoms with Crippen LogP contribution in [0.3, 0.4) is 0 Å². The Morgan fingerprint density at radius 1 is 1.22 bits per heavy atom. The van der Waals surface area contributed by atoms with E-state index in [0.29, 0.717) is 6.54 Å². The summed E-state index contributed by atoms with van der Waals surface area (Å²) in [6.07, 6.45) is -2.26. The Balaban J connectivity index is 0.00000118. The maximum absolute atomic E-state index is 11.7. The first kappa shape index (κ1) is 29.2. The predicted octanol–water partition coefficient (Wildman–Crippen LogP) is 1.41. The van der Waals surface area contributed by atoms with Gasteiger partial charge < -0.3 is 31.3 Å². The SMILES string of the molecule is CCN=C(N)N[C@H]1CC(C(=O)O)=C[C@@H](OC(CC)CC)[C@@H]1NC(C)=O.O=C(O)C(F)(F)F. The van der Waals surface area contributed by atoms with Crippen molar-refractivity contribution in [2.75, 3.05) is 6.54 Å². The fourth-order valence-electron chi connectivity index (χ4n) is 2.91. The number of carboxylic acids is 2. The van der Waals surface area contributed by atoms with Gasteiger partial charge in [-0.1, -0.05) is 13.8 Å². The van der Waals surface area contributed by atoms with Gasteiger partial charge in [0, 0.05) is 25.5 Å². The highest BCUT2D eigenvalue weighted by Gasteiger charge is 2.38. The van der Waals surface area contributed by atoms with Gasteiger partial charge in [0.25, 0.3) is 0 Å². The molecule has 184 valence electrons. The second kappa shape index (κ2) is 13.6. The Hall–Kier alpha value is -2.83. The zero-order valence-corrected chi connectivity index (χ0v) is 18.4. The van der Waals surface area contributed by atoms with Crippen LogP contribution in [-0.4, -0.2) is 71.0 Å². The number of aliphatic imine (C=N–C) groups is 1. The van der Waals surface area contributed by atoms with E-state index in [9.17, 15) is 27.9 Å². The quantitative estimate of drug-likeness (QED) is 0.264. The number of guanidine groups is 1. The van der Waals surface area contributed by atoms with E-state index in [1.165, 1.54) is 6.92 Å². The summed E-state index contributed by atoms with van der Waals surface area (Å²) >= 11 is 0. The number of amides is 1. The molecule has 0 aliphatic heterocycles. The molecule has 0 radical (unpaired) electrons. The zero-order chi connectivity index (χ0) is 25.1. The Bertz CT molecular complexity index is 708. The molecule has 1 aliphatic rings. The normalized spacial score (nSPS) is 21.2. The van der Waals surface area contributed by atoms with Crippen LogP contribution in [0.4, 0.5) is 13.2 Å². The van der Waals surface area contributed by atoms with Crippen molar-refractivity contribution in [3.05, 3.63) is 11.6 Å². The molecule has 10 nitrogen and oxygen atoms in total. The second-order valence-electron chi connectivity index (χ2n) is 6.88. The molecular weight excluding hydrogens is 437 g/mol. The summed E-state index contributed by atoms with van der Waals surface area (Å²) in [6.45, 7) is 7.79. The van der Waals surface area contributed by atoms with Crippen LogP contribution < -0.4 is 16.4 Å². The van der Waals surface area contributed by atoms with E-state index in [0.717, 1.165) is 12.8 Å². The number of nitrogens with one attached hydrogen (secondary N) is 2. The number of carbonyl (C=O) groups excluding carboxylic acids is 1. The Morgan fingerprint density at radius 3 is 2.12 bits per heavy atom. The van der Waals surface area contributed by atoms with Crippen molar-refractivity contribution < 1.29 is 42.5 Å². The van der Waals surface area contributed by atoms with Crippen LogP contribution >= 0.6 is 0 Å². The summed E-state index contributed by atoms with van der Waals surface area (Å²) in [4.78, 5) is 36.2. The van der Waals surface area contributed by atoms with Crippen LogP contribution in [0.2, 0.25) is 0 Å². The molecule has 6 N–H and O–H groups in total. The number of nitrogens with zero attached hydrogens (tertiary/aromatic N) is 1. The number of alkyl halides is 3. The van der Waals surface area contributed by atoms with Crippen LogP contribution in [-0.2, 0) is 19.1 Å². The highest BCUT2D eigenvalue weighted by molar-refractivity contribution is 5.87. The lowest BCUT2D eigenvalue weighted by Gasteiger charge is -2.38. The van der Waals surface area contributed by atoms with Crippen LogP contribution in [0.25, 0.3) is 0 Å². The van der Waals surface area contributed by atoms with Crippen LogP contribution in [0.15, 0.2) is 16.6 Å². The average Bonchev–Trinajstić information content (AvgIpc) is 2.67. The largest absolute Gasteiger partial charge is 0.490 e. The van der Waals surface area contributed by atoms with E-state index in [-0.39, 0.29) is 30.0 Å². The first-order chi connectivity index (χ1) is 14.8. The molecule has 0 aromatic rings. The van der Waals surface area contributed by atoms with E-state index in [1.807, 2.05) is 20.8 Å². The number of halogens is 3. The van der Waals surface area contributed by atoms with E-state index < -0.39 is 36.3 Å². The minimum atomic E-state index is -5.08. The van der Waals surface area contributed by atoms with Crippen molar-refractivity contribution in [2.24, 2.45) is 10.7 Å². The fourth-order valence-corrected chi connectivity index (χ4v) is 2.91. The molecule has 32 heavy (non-hydrogen) atoms. The molecule has 0 unspecified atom stereocenters. The van der Waals surface area contributed by atoms with Gasteiger partial charge in [-0.05, 0) is 25.8 Å². The molecule has 0 aromatic heterocycles. The summed E-state index contributed by atoms with van der Waals surface area (Å²) in [7, 11) is 0. The number of rotatable bonds is 8. The highest BCUT2D eigenvalue weighted by atomic mass is 19.4. The molecule has 13 heteroatoms. The van der Waals surface area contributed by atoms with Gasteiger partial charge in [0.2, 0.25) is 5.91 Å². The van der Waals surface area contributed by atoms with Crippen molar-refractivity contribution in [3.63, 3.8) is 0 Å². The Kier molecular flexibility index (Phi) is 12.4. The van der Waals surface area contributed by atoms with E-state index in [1.54, 1.807) is 6.08 Å². The number of ether oxygens (including phenoxy) is 1. The number of hydrogen-bond donors (Lipinski definition) is 5. The molecule has 0 spiro atoms.